The van der Waals surface area contributed by atoms with E-state index >= 15 is 0 Å². The zero-order valence-electron chi connectivity index (χ0n) is 16.4. The topological polar surface area (TPSA) is 82.3 Å². The van der Waals surface area contributed by atoms with Gasteiger partial charge in [-0.25, -0.2) is 0 Å². The van der Waals surface area contributed by atoms with Gasteiger partial charge in [-0.3, -0.25) is 4.79 Å². The molecule has 8 heteroatoms. The first-order valence-corrected chi connectivity index (χ1v) is 9.50. The summed E-state index contributed by atoms with van der Waals surface area (Å²) in [6, 6.07) is 3.57. The van der Waals surface area contributed by atoms with Gasteiger partial charge in [0.05, 0.1) is 40.1 Å². The Kier molecular flexibility index (Phi) is 5.32. The molecule has 1 aromatic heterocycles. The van der Waals surface area contributed by atoms with E-state index in [1.54, 1.807) is 27.4 Å². The summed E-state index contributed by atoms with van der Waals surface area (Å²) in [4.78, 5) is 18.1. The van der Waals surface area contributed by atoms with Crippen LogP contribution in [0.3, 0.4) is 0 Å². The Morgan fingerprint density at radius 3 is 2.32 bits per heavy atom. The maximum atomic E-state index is 13.1. The third kappa shape index (κ3) is 3.27. The highest BCUT2D eigenvalue weighted by molar-refractivity contribution is 6.02. The number of hydrogen-bond donors (Lipinski definition) is 1. The largest absolute Gasteiger partial charge is 0.496 e. The second kappa shape index (κ2) is 7.89. The van der Waals surface area contributed by atoms with Crippen LogP contribution in [0.4, 0.5) is 0 Å². The molecule has 3 heterocycles. The molecule has 4 rings (SSSR count). The van der Waals surface area contributed by atoms with Crippen molar-refractivity contribution in [1.82, 2.24) is 9.88 Å². The quantitative estimate of drug-likeness (QED) is 0.844. The summed E-state index contributed by atoms with van der Waals surface area (Å²) in [5, 5.41) is 0.783. The van der Waals surface area contributed by atoms with Crippen molar-refractivity contribution in [2.24, 2.45) is 5.92 Å². The van der Waals surface area contributed by atoms with Gasteiger partial charge in [0.15, 0.2) is 17.8 Å². The van der Waals surface area contributed by atoms with Gasteiger partial charge < -0.3 is 33.6 Å². The van der Waals surface area contributed by atoms with Crippen LogP contribution in [0.2, 0.25) is 0 Å². The summed E-state index contributed by atoms with van der Waals surface area (Å²) in [5.74, 6) is 2.03. The maximum Gasteiger partial charge on any atom is 0.270 e. The normalized spacial score (nSPS) is 18.6. The van der Waals surface area contributed by atoms with E-state index in [2.05, 4.69) is 4.98 Å². The minimum Gasteiger partial charge on any atom is -0.496 e. The van der Waals surface area contributed by atoms with Crippen molar-refractivity contribution in [2.45, 2.75) is 19.1 Å². The number of ether oxygens (including phenoxy) is 5. The van der Waals surface area contributed by atoms with Gasteiger partial charge in [-0.1, -0.05) is 0 Å². The molecule has 2 fully saturated rings. The Bertz CT molecular complexity index is 850. The Hall–Kier alpha value is -2.45. The zero-order chi connectivity index (χ0) is 19.7. The molecule has 0 saturated carbocycles. The molecule has 0 radical (unpaired) electrons. The van der Waals surface area contributed by atoms with Crippen LogP contribution < -0.4 is 14.2 Å². The van der Waals surface area contributed by atoms with Crippen LogP contribution in [0, 0.1) is 5.92 Å². The average molecular weight is 390 g/mol. The van der Waals surface area contributed by atoms with E-state index in [0.29, 0.717) is 60.7 Å². The summed E-state index contributed by atoms with van der Waals surface area (Å²) in [5.41, 5.74) is 1.19. The molecule has 0 unspecified atom stereocenters. The van der Waals surface area contributed by atoms with E-state index in [1.165, 1.54) is 0 Å². The Labute approximate surface area is 163 Å². The van der Waals surface area contributed by atoms with Crippen molar-refractivity contribution in [3.05, 3.63) is 17.8 Å². The number of likely N-dealkylation sites (tertiary alicyclic amines) is 1. The number of aromatic nitrogens is 1. The summed E-state index contributed by atoms with van der Waals surface area (Å²) in [7, 11) is 4.73. The third-order valence-electron chi connectivity index (χ3n) is 5.53. The van der Waals surface area contributed by atoms with Crippen LogP contribution in [-0.4, -0.2) is 69.7 Å². The smallest absolute Gasteiger partial charge is 0.270 e. The molecule has 0 aliphatic carbocycles. The lowest BCUT2D eigenvalue weighted by molar-refractivity contribution is -0.0956. The van der Waals surface area contributed by atoms with E-state index in [1.807, 2.05) is 11.0 Å². The van der Waals surface area contributed by atoms with E-state index in [0.717, 1.165) is 18.2 Å². The number of piperidine rings is 1. The lowest BCUT2D eigenvalue weighted by Gasteiger charge is -2.33. The molecule has 2 aromatic rings. The van der Waals surface area contributed by atoms with E-state index in [-0.39, 0.29) is 12.2 Å². The van der Waals surface area contributed by atoms with Gasteiger partial charge in [0, 0.05) is 30.5 Å². The van der Waals surface area contributed by atoms with Gasteiger partial charge in [-0.2, -0.15) is 0 Å². The number of rotatable bonds is 5. The first-order chi connectivity index (χ1) is 13.7. The van der Waals surface area contributed by atoms with Crippen LogP contribution >= 0.6 is 0 Å². The van der Waals surface area contributed by atoms with Crippen LogP contribution in [0.25, 0.3) is 10.9 Å². The highest BCUT2D eigenvalue weighted by Gasteiger charge is 2.32. The van der Waals surface area contributed by atoms with Crippen molar-refractivity contribution in [1.29, 1.82) is 0 Å². The molecule has 152 valence electrons. The molecule has 28 heavy (non-hydrogen) atoms. The molecular formula is C20H26N2O6. The highest BCUT2D eigenvalue weighted by Crippen LogP contribution is 2.41. The summed E-state index contributed by atoms with van der Waals surface area (Å²) in [6.07, 6.45) is 1.63. The standard InChI is InChI=1S/C20H26N2O6/c1-24-15-11-16(25-2)18(26-3)17-13(15)10-14(21-17)19(23)22-6-4-12(5-7-22)20-27-8-9-28-20/h10-12,20-21H,4-9H2,1-3H3. The predicted octanol–water partition coefficient (Wildman–Crippen LogP) is 2.42. The monoisotopic (exact) mass is 390 g/mol. The lowest BCUT2D eigenvalue weighted by atomic mass is 9.96. The molecule has 1 amide bonds. The number of hydrogen-bond acceptors (Lipinski definition) is 6. The number of carbonyl (C=O) groups is 1. The molecule has 1 aromatic carbocycles. The number of nitrogens with one attached hydrogen (secondary N) is 1. The van der Waals surface area contributed by atoms with Gasteiger partial charge >= 0.3 is 0 Å². The summed E-state index contributed by atoms with van der Waals surface area (Å²) < 4.78 is 27.6. The van der Waals surface area contributed by atoms with Crippen LogP contribution in [0.1, 0.15) is 23.3 Å². The number of aromatic amines is 1. The van der Waals surface area contributed by atoms with Crippen LogP contribution in [-0.2, 0) is 9.47 Å². The molecule has 0 spiro atoms. The third-order valence-corrected chi connectivity index (χ3v) is 5.53. The predicted molar refractivity (Wildman–Crippen MR) is 102 cm³/mol. The first kappa shape index (κ1) is 18.9. The van der Waals surface area contributed by atoms with E-state index < -0.39 is 0 Å². The number of H-pyrrole nitrogens is 1. The minimum atomic E-state index is -0.119. The number of fused-ring (bicyclic) bond motifs is 1. The zero-order valence-corrected chi connectivity index (χ0v) is 16.4. The highest BCUT2D eigenvalue weighted by atomic mass is 16.7. The molecular weight excluding hydrogens is 364 g/mol. The second-order valence-corrected chi connectivity index (χ2v) is 7.03. The van der Waals surface area contributed by atoms with E-state index in [9.17, 15) is 4.79 Å². The van der Waals surface area contributed by atoms with Crippen molar-refractivity contribution < 1.29 is 28.5 Å². The summed E-state index contributed by atoms with van der Waals surface area (Å²) in [6.45, 7) is 2.68. The fourth-order valence-electron chi connectivity index (χ4n) is 4.05. The Balaban J connectivity index is 1.56. The van der Waals surface area contributed by atoms with Crippen LogP contribution in [0.5, 0.6) is 17.2 Å². The molecule has 0 atom stereocenters. The average Bonchev–Trinajstić information content (AvgIpc) is 3.42. The minimum absolute atomic E-state index is 0.0361. The Morgan fingerprint density at radius 2 is 1.71 bits per heavy atom. The molecule has 2 aliphatic heterocycles. The molecule has 1 N–H and O–H groups in total. The van der Waals surface area contributed by atoms with Gasteiger partial charge in [0.25, 0.3) is 5.91 Å². The van der Waals surface area contributed by atoms with Crippen molar-refractivity contribution >= 4 is 16.8 Å². The fourth-order valence-corrected chi connectivity index (χ4v) is 4.05. The molecule has 0 bridgehead atoms. The van der Waals surface area contributed by atoms with Crippen molar-refractivity contribution in [3.63, 3.8) is 0 Å². The number of benzene rings is 1. The molecule has 8 nitrogen and oxygen atoms in total. The molecule has 2 aliphatic rings. The SMILES string of the molecule is COc1cc(OC)c2cc(C(=O)N3CCC(C4OCCO4)CC3)[nH]c2c1OC. The second-order valence-electron chi connectivity index (χ2n) is 7.03. The lowest BCUT2D eigenvalue weighted by Crippen LogP contribution is -2.41. The van der Waals surface area contributed by atoms with Gasteiger partial charge in [-0.15, -0.1) is 0 Å². The van der Waals surface area contributed by atoms with Gasteiger partial charge in [0.2, 0.25) is 0 Å². The number of nitrogens with zero attached hydrogens (tertiary/aromatic N) is 1. The maximum absolute atomic E-state index is 13.1. The van der Waals surface area contributed by atoms with Gasteiger partial charge in [0.1, 0.15) is 11.4 Å². The Morgan fingerprint density at radius 1 is 1.04 bits per heavy atom. The number of carbonyl (C=O) groups excluding carboxylic acids is 1. The summed E-state index contributed by atoms with van der Waals surface area (Å²) >= 11 is 0. The van der Waals surface area contributed by atoms with Crippen LogP contribution in [0.15, 0.2) is 12.1 Å². The first-order valence-electron chi connectivity index (χ1n) is 9.50. The molecule has 2 saturated heterocycles. The van der Waals surface area contributed by atoms with Crippen molar-refractivity contribution in [2.75, 3.05) is 47.6 Å². The number of amides is 1. The fraction of sp³-hybridized carbons (Fsp3) is 0.550. The van der Waals surface area contributed by atoms with E-state index in [4.69, 9.17) is 23.7 Å². The van der Waals surface area contributed by atoms with Crippen molar-refractivity contribution in [3.8, 4) is 17.2 Å². The number of methoxy groups -OCH3 is 3. The van der Waals surface area contributed by atoms with Gasteiger partial charge in [-0.05, 0) is 18.9 Å².